The van der Waals surface area contributed by atoms with E-state index in [2.05, 4.69) is 15.6 Å². The van der Waals surface area contributed by atoms with Crippen LogP contribution in [0.4, 0.5) is 19.7 Å². The molecule has 3 rings (SSSR count). The number of ether oxygens (including phenoxy) is 2. The molecule has 1 fully saturated rings. The lowest BCUT2D eigenvalue weighted by Crippen LogP contribution is -2.53. The monoisotopic (exact) mass is 478 g/mol. The molecule has 0 unspecified atom stereocenters. The number of hydrogen-bond donors (Lipinski definition) is 2. The second-order valence-electron chi connectivity index (χ2n) is 8.78. The molecule has 2 N–H and O–H groups in total. The van der Waals surface area contributed by atoms with Crippen LogP contribution in [0, 0.1) is 5.82 Å². The lowest BCUT2D eigenvalue weighted by Gasteiger charge is -2.39. The van der Waals surface area contributed by atoms with Crippen LogP contribution in [0.3, 0.4) is 0 Å². The van der Waals surface area contributed by atoms with Crippen molar-refractivity contribution in [3.8, 4) is 5.75 Å². The van der Waals surface area contributed by atoms with E-state index in [1.54, 1.807) is 45.0 Å². The van der Waals surface area contributed by atoms with E-state index in [9.17, 15) is 14.0 Å². The van der Waals surface area contributed by atoms with E-state index in [4.69, 9.17) is 21.1 Å². The standard InChI is InChI=1S/C23H28ClFN4O4/c1-23(2,3)33-22(31)29-10-9-19(28-21(30)27-15-7-5-14(24)6-8-15)17(13-29)20-18(25)11-16(32-4)12-26-20/h5-8,11-12,17,19H,9-10,13H2,1-4H3,(H2,27,28,30)/t17-,19-/m1/s1. The molecular formula is C23H28ClFN4O4. The number of amides is 3. The Hall–Kier alpha value is -3.07. The molecule has 2 heterocycles. The maximum atomic E-state index is 14.9. The van der Waals surface area contributed by atoms with E-state index in [1.807, 2.05) is 0 Å². The average molecular weight is 479 g/mol. The number of hydrogen-bond acceptors (Lipinski definition) is 5. The molecule has 1 aliphatic heterocycles. The molecule has 2 aromatic rings. The number of carbonyl (C=O) groups is 2. The highest BCUT2D eigenvalue weighted by Gasteiger charge is 2.37. The molecule has 33 heavy (non-hydrogen) atoms. The maximum Gasteiger partial charge on any atom is 0.410 e. The minimum Gasteiger partial charge on any atom is -0.495 e. The number of benzene rings is 1. The minimum absolute atomic E-state index is 0.136. The molecule has 0 aliphatic carbocycles. The van der Waals surface area contributed by atoms with Gasteiger partial charge < -0.3 is 25.0 Å². The fourth-order valence-corrected chi connectivity index (χ4v) is 3.70. The number of nitrogens with zero attached hydrogens (tertiary/aromatic N) is 2. The van der Waals surface area contributed by atoms with E-state index in [0.717, 1.165) is 0 Å². The SMILES string of the molecule is COc1cnc([C@@H]2CN(C(=O)OC(C)(C)C)CC[C@H]2NC(=O)Nc2ccc(Cl)cc2)c(F)c1. The Labute approximate surface area is 197 Å². The molecule has 178 valence electrons. The van der Waals surface area contributed by atoms with Gasteiger partial charge in [0.25, 0.3) is 0 Å². The summed E-state index contributed by atoms with van der Waals surface area (Å²) >= 11 is 5.88. The second-order valence-corrected chi connectivity index (χ2v) is 9.21. The van der Waals surface area contributed by atoms with E-state index in [-0.39, 0.29) is 18.0 Å². The van der Waals surface area contributed by atoms with Crippen LogP contribution in [0.15, 0.2) is 36.5 Å². The van der Waals surface area contributed by atoms with Gasteiger partial charge in [0.2, 0.25) is 0 Å². The summed E-state index contributed by atoms with van der Waals surface area (Å²) in [6, 6.07) is 6.99. The molecule has 1 saturated heterocycles. The number of rotatable bonds is 4. The van der Waals surface area contributed by atoms with Crippen LogP contribution >= 0.6 is 11.6 Å². The van der Waals surface area contributed by atoms with Crippen molar-refractivity contribution in [2.24, 2.45) is 0 Å². The molecule has 1 aromatic carbocycles. The van der Waals surface area contributed by atoms with Gasteiger partial charge in [-0.25, -0.2) is 14.0 Å². The number of piperidine rings is 1. The number of urea groups is 1. The summed E-state index contributed by atoms with van der Waals surface area (Å²) in [6.45, 7) is 5.82. The summed E-state index contributed by atoms with van der Waals surface area (Å²) in [7, 11) is 1.42. The van der Waals surface area contributed by atoms with Gasteiger partial charge >= 0.3 is 12.1 Å². The Balaban J connectivity index is 1.79. The molecule has 0 spiro atoms. The van der Waals surface area contributed by atoms with E-state index in [1.165, 1.54) is 24.3 Å². The Kier molecular flexibility index (Phi) is 7.63. The zero-order chi connectivity index (χ0) is 24.2. The highest BCUT2D eigenvalue weighted by Crippen LogP contribution is 2.30. The highest BCUT2D eigenvalue weighted by atomic mass is 35.5. The number of aromatic nitrogens is 1. The second kappa shape index (κ2) is 10.2. The topological polar surface area (TPSA) is 92.8 Å². The summed E-state index contributed by atoms with van der Waals surface area (Å²) in [6.07, 6.45) is 1.31. The lowest BCUT2D eigenvalue weighted by atomic mass is 9.88. The van der Waals surface area contributed by atoms with Gasteiger partial charge in [0.15, 0.2) is 0 Å². The van der Waals surface area contributed by atoms with Crippen molar-refractivity contribution in [3.05, 3.63) is 53.1 Å². The molecular weight excluding hydrogens is 451 g/mol. The Morgan fingerprint density at radius 3 is 2.55 bits per heavy atom. The van der Waals surface area contributed by atoms with Gasteiger partial charge in [0.1, 0.15) is 17.2 Å². The third-order valence-corrected chi connectivity index (χ3v) is 5.37. The normalized spacial score (nSPS) is 18.4. The first-order valence-corrected chi connectivity index (χ1v) is 10.9. The Morgan fingerprint density at radius 1 is 1.24 bits per heavy atom. The van der Waals surface area contributed by atoms with Gasteiger partial charge in [-0.3, -0.25) is 4.98 Å². The molecule has 3 amide bonds. The van der Waals surface area contributed by atoms with E-state index < -0.39 is 35.5 Å². The molecule has 0 saturated carbocycles. The summed E-state index contributed by atoms with van der Waals surface area (Å²) in [5.41, 5.74) is 0.0401. The third kappa shape index (κ3) is 6.71. The van der Waals surface area contributed by atoms with Gasteiger partial charge in [-0.1, -0.05) is 11.6 Å². The minimum atomic E-state index is -0.663. The molecule has 10 heteroatoms. The summed E-state index contributed by atoms with van der Waals surface area (Å²) in [4.78, 5) is 31.0. The van der Waals surface area contributed by atoms with Crippen LogP contribution in [0.1, 0.15) is 38.8 Å². The molecule has 1 aliphatic rings. The fourth-order valence-electron chi connectivity index (χ4n) is 3.58. The number of pyridine rings is 1. The zero-order valence-electron chi connectivity index (χ0n) is 19.0. The van der Waals surface area contributed by atoms with Crippen LogP contribution < -0.4 is 15.4 Å². The highest BCUT2D eigenvalue weighted by molar-refractivity contribution is 6.30. The summed E-state index contributed by atoms with van der Waals surface area (Å²) < 4.78 is 25.4. The smallest absolute Gasteiger partial charge is 0.410 e. The van der Waals surface area contributed by atoms with Gasteiger partial charge in [-0.15, -0.1) is 0 Å². The van der Waals surface area contributed by atoms with Crippen molar-refractivity contribution in [2.75, 3.05) is 25.5 Å². The quantitative estimate of drug-likeness (QED) is 0.658. The molecule has 1 aromatic heterocycles. The van der Waals surface area contributed by atoms with Gasteiger partial charge in [0.05, 0.1) is 19.0 Å². The van der Waals surface area contributed by atoms with Crippen LogP contribution in [-0.2, 0) is 4.74 Å². The van der Waals surface area contributed by atoms with Crippen molar-refractivity contribution in [3.63, 3.8) is 0 Å². The first-order valence-electron chi connectivity index (χ1n) is 10.6. The number of likely N-dealkylation sites (tertiary alicyclic amines) is 1. The predicted molar refractivity (Wildman–Crippen MR) is 123 cm³/mol. The molecule has 0 radical (unpaired) electrons. The van der Waals surface area contributed by atoms with Crippen LogP contribution in [-0.4, -0.2) is 53.9 Å². The van der Waals surface area contributed by atoms with Crippen LogP contribution in [0.5, 0.6) is 5.75 Å². The molecule has 0 bridgehead atoms. The van der Waals surface area contributed by atoms with Gasteiger partial charge in [-0.2, -0.15) is 0 Å². The van der Waals surface area contributed by atoms with Crippen molar-refractivity contribution in [2.45, 2.75) is 44.8 Å². The first kappa shape index (κ1) is 24.6. The van der Waals surface area contributed by atoms with Crippen molar-refractivity contribution in [1.29, 1.82) is 0 Å². The third-order valence-electron chi connectivity index (χ3n) is 5.11. The van der Waals surface area contributed by atoms with Crippen LogP contribution in [0.25, 0.3) is 0 Å². The summed E-state index contributed by atoms with van der Waals surface area (Å²) in [5, 5.41) is 6.19. The van der Waals surface area contributed by atoms with Crippen molar-refractivity contribution >= 4 is 29.4 Å². The number of carbonyl (C=O) groups excluding carboxylic acids is 2. The maximum absolute atomic E-state index is 14.9. The van der Waals surface area contributed by atoms with E-state index in [0.29, 0.717) is 23.7 Å². The van der Waals surface area contributed by atoms with Crippen LogP contribution in [0.2, 0.25) is 5.02 Å². The number of halogens is 2. The molecule has 8 nitrogen and oxygen atoms in total. The number of anilines is 1. The van der Waals surface area contributed by atoms with E-state index >= 15 is 0 Å². The summed E-state index contributed by atoms with van der Waals surface area (Å²) in [5.74, 6) is -0.885. The van der Waals surface area contributed by atoms with Gasteiger partial charge in [0, 0.05) is 41.8 Å². The first-order chi connectivity index (χ1) is 15.6. The largest absolute Gasteiger partial charge is 0.495 e. The lowest BCUT2D eigenvalue weighted by molar-refractivity contribution is 0.0177. The predicted octanol–water partition coefficient (Wildman–Crippen LogP) is 4.80. The van der Waals surface area contributed by atoms with Crippen molar-refractivity contribution in [1.82, 2.24) is 15.2 Å². The average Bonchev–Trinajstić information content (AvgIpc) is 2.74. The fraction of sp³-hybridized carbons (Fsp3) is 0.435. The number of nitrogens with one attached hydrogen (secondary N) is 2. The molecule has 2 atom stereocenters. The zero-order valence-corrected chi connectivity index (χ0v) is 19.8. The van der Waals surface area contributed by atoms with Crippen molar-refractivity contribution < 1.29 is 23.5 Å². The Morgan fingerprint density at radius 2 is 1.94 bits per heavy atom. The Bertz CT molecular complexity index is 997. The van der Waals surface area contributed by atoms with Gasteiger partial charge in [-0.05, 0) is 51.5 Å². The number of methoxy groups -OCH3 is 1.